The van der Waals surface area contributed by atoms with Crippen LogP contribution in [-0.2, 0) is 16.4 Å². The summed E-state index contributed by atoms with van der Waals surface area (Å²) < 4.78 is 34.9. The SMILES string of the molecule is CCS(=O)(=O)CCNC(=NC)NCc1cccc(OC)c1OC1CCCC1.I. The Morgan fingerprint density at radius 3 is 2.57 bits per heavy atom. The number of para-hydroxylation sites is 1. The Kier molecular flexibility index (Phi) is 10.9. The molecule has 0 unspecified atom stereocenters. The molecule has 0 aliphatic heterocycles. The lowest BCUT2D eigenvalue weighted by molar-refractivity contribution is 0.198. The van der Waals surface area contributed by atoms with Crippen molar-refractivity contribution in [3.05, 3.63) is 23.8 Å². The Morgan fingerprint density at radius 1 is 1.25 bits per heavy atom. The van der Waals surface area contributed by atoms with E-state index in [1.165, 1.54) is 12.8 Å². The van der Waals surface area contributed by atoms with E-state index in [9.17, 15) is 8.42 Å². The largest absolute Gasteiger partial charge is 0.493 e. The second-order valence-electron chi connectivity index (χ2n) is 6.56. The first kappa shape index (κ1) is 24.8. The third kappa shape index (κ3) is 7.65. The fourth-order valence-corrected chi connectivity index (χ4v) is 3.74. The summed E-state index contributed by atoms with van der Waals surface area (Å²) >= 11 is 0. The summed E-state index contributed by atoms with van der Waals surface area (Å²) in [6.07, 6.45) is 4.77. The topological polar surface area (TPSA) is 89.0 Å². The number of ether oxygens (including phenoxy) is 2. The number of guanidine groups is 1. The Morgan fingerprint density at radius 2 is 1.96 bits per heavy atom. The standard InChI is InChI=1S/C19H31N3O4S.HI/c1-4-27(23,24)13-12-21-19(20-2)22-14-15-8-7-11-17(25-3)18(15)26-16-9-5-6-10-16;/h7-8,11,16H,4-6,9-10,12-14H2,1-3H3,(H2,20,21,22);1H. The lowest BCUT2D eigenvalue weighted by Crippen LogP contribution is -2.39. The van der Waals surface area contributed by atoms with Crippen molar-refractivity contribution in [1.29, 1.82) is 0 Å². The molecule has 0 spiro atoms. The van der Waals surface area contributed by atoms with Crippen molar-refractivity contribution >= 4 is 39.8 Å². The van der Waals surface area contributed by atoms with Gasteiger partial charge in [0.1, 0.15) is 0 Å². The van der Waals surface area contributed by atoms with Crippen LogP contribution in [0.15, 0.2) is 23.2 Å². The third-order valence-corrected chi connectivity index (χ3v) is 6.39. The van der Waals surface area contributed by atoms with E-state index in [0.29, 0.717) is 19.0 Å². The van der Waals surface area contributed by atoms with Gasteiger partial charge in [-0.05, 0) is 31.7 Å². The van der Waals surface area contributed by atoms with Crippen LogP contribution in [0.25, 0.3) is 0 Å². The second kappa shape index (κ2) is 12.4. The number of rotatable bonds is 9. The molecule has 1 aromatic rings. The molecule has 0 amide bonds. The van der Waals surface area contributed by atoms with Gasteiger partial charge in [-0.15, -0.1) is 24.0 Å². The average Bonchev–Trinajstić information content (AvgIpc) is 3.18. The first-order valence-electron chi connectivity index (χ1n) is 9.46. The summed E-state index contributed by atoms with van der Waals surface area (Å²) in [5.41, 5.74) is 0.977. The first-order chi connectivity index (χ1) is 13.0. The van der Waals surface area contributed by atoms with Crippen molar-refractivity contribution in [2.45, 2.75) is 45.3 Å². The summed E-state index contributed by atoms with van der Waals surface area (Å²) in [4.78, 5) is 4.15. The van der Waals surface area contributed by atoms with Gasteiger partial charge in [-0.3, -0.25) is 4.99 Å². The van der Waals surface area contributed by atoms with Gasteiger partial charge in [0.05, 0.1) is 19.0 Å². The van der Waals surface area contributed by atoms with Gasteiger partial charge >= 0.3 is 0 Å². The van der Waals surface area contributed by atoms with Crippen molar-refractivity contribution in [2.24, 2.45) is 4.99 Å². The van der Waals surface area contributed by atoms with Gasteiger partial charge in [0.2, 0.25) is 0 Å². The molecule has 1 aliphatic rings. The Bertz CT molecular complexity index is 735. The molecule has 0 aromatic heterocycles. The molecule has 0 radical (unpaired) electrons. The molecule has 1 aromatic carbocycles. The number of hydrogen-bond acceptors (Lipinski definition) is 5. The normalized spacial score (nSPS) is 15.0. The van der Waals surface area contributed by atoms with Crippen LogP contribution >= 0.6 is 24.0 Å². The predicted octanol–water partition coefficient (Wildman–Crippen LogP) is 2.73. The maximum Gasteiger partial charge on any atom is 0.191 e. The van der Waals surface area contributed by atoms with Crippen molar-refractivity contribution < 1.29 is 17.9 Å². The highest BCUT2D eigenvalue weighted by molar-refractivity contribution is 14.0. The predicted molar refractivity (Wildman–Crippen MR) is 124 cm³/mol. The number of methoxy groups -OCH3 is 1. The lowest BCUT2D eigenvalue weighted by Gasteiger charge is -2.20. The number of nitrogens with one attached hydrogen (secondary N) is 2. The zero-order valence-electron chi connectivity index (χ0n) is 16.9. The van der Waals surface area contributed by atoms with Gasteiger partial charge in [-0.25, -0.2) is 8.42 Å². The van der Waals surface area contributed by atoms with E-state index in [1.54, 1.807) is 21.1 Å². The molecule has 0 bridgehead atoms. The van der Waals surface area contributed by atoms with Crippen molar-refractivity contribution in [2.75, 3.05) is 32.2 Å². The number of halogens is 1. The Labute approximate surface area is 185 Å². The lowest BCUT2D eigenvalue weighted by atomic mass is 10.1. The second-order valence-corrected chi connectivity index (χ2v) is 9.03. The molecule has 0 atom stereocenters. The third-order valence-electron chi connectivity index (χ3n) is 4.68. The number of aliphatic imine (C=N–C) groups is 1. The monoisotopic (exact) mass is 525 g/mol. The minimum Gasteiger partial charge on any atom is -0.493 e. The van der Waals surface area contributed by atoms with Gasteiger partial charge in [0, 0.05) is 31.5 Å². The number of benzene rings is 1. The van der Waals surface area contributed by atoms with E-state index < -0.39 is 9.84 Å². The van der Waals surface area contributed by atoms with E-state index in [2.05, 4.69) is 15.6 Å². The van der Waals surface area contributed by atoms with Crippen molar-refractivity contribution in [3.8, 4) is 11.5 Å². The van der Waals surface area contributed by atoms with Gasteiger partial charge in [0.15, 0.2) is 27.3 Å². The molecular weight excluding hydrogens is 493 g/mol. The fourth-order valence-electron chi connectivity index (χ4n) is 3.04. The van der Waals surface area contributed by atoms with E-state index in [1.807, 2.05) is 18.2 Å². The molecule has 1 fully saturated rings. The van der Waals surface area contributed by atoms with E-state index in [4.69, 9.17) is 9.47 Å². The first-order valence-corrected chi connectivity index (χ1v) is 11.3. The number of hydrogen-bond donors (Lipinski definition) is 2. The van der Waals surface area contributed by atoms with Gasteiger partial charge in [-0.1, -0.05) is 19.1 Å². The smallest absolute Gasteiger partial charge is 0.191 e. The summed E-state index contributed by atoms with van der Waals surface area (Å²) in [7, 11) is 0.298. The highest BCUT2D eigenvalue weighted by Crippen LogP contribution is 2.34. The van der Waals surface area contributed by atoms with Gasteiger partial charge in [0.25, 0.3) is 0 Å². The van der Waals surface area contributed by atoms with E-state index in [0.717, 1.165) is 29.9 Å². The maximum atomic E-state index is 11.6. The van der Waals surface area contributed by atoms with Crippen LogP contribution in [0.1, 0.15) is 38.2 Å². The molecule has 9 heteroatoms. The number of sulfone groups is 1. The highest BCUT2D eigenvalue weighted by atomic mass is 127. The molecule has 28 heavy (non-hydrogen) atoms. The molecule has 0 saturated heterocycles. The molecule has 160 valence electrons. The molecule has 0 heterocycles. The van der Waals surface area contributed by atoms with E-state index >= 15 is 0 Å². The Balaban J connectivity index is 0.00000392. The zero-order chi connectivity index (χ0) is 19.7. The molecular formula is C19H32IN3O4S. The molecule has 7 nitrogen and oxygen atoms in total. The summed E-state index contributed by atoms with van der Waals surface area (Å²) in [5, 5.41) is 6.25. The molecule has 2 N–H and O–H groups in total. The molecule has 1 aliphatic carbocycles. The molecule has 1 saturated carbocycles. The van der Waals surface area contributed by atoms with Crippen LogP contribution in [0.5, 0.6) is 11.5 Å². The van der Waals surface area contributed by atoms with Crippen LogP contribution in [0, 0.1) is 0 Å². The number of nitrogens with zero attached hydrogens (tertiary/aromatic N) is 1. The molecule has 2 rings (SSSR count). The zero-order valence-corrected chi connectivity index (χ0v) is 20.0. The van der Waals surface area contributed by atoms with Crippen molar-refractivity contribution in [1.82, 2.24) is 10.6 Å². The summed E-state index contributed by atoms with van der Waals surface area (Å²) in [6.45, 7) is 2.47. The highest BCUT2D eigenvalue weighted by Gasteiger charge is 2.20. The van der Waals surface area contributed by atoms with Crippen LogP contribution in [0.4, 0.5) is 0 Å². The minimum atomic E-state index is -3.00. The maximum absolute atomic E-state index is 11.6. The van der Waals surface area contributed by atoms with Gasteiger partial charge < -0.3 is 20.1 Å². The van der Waals surface area contributed by atoms with Crippen LogP contribution in [-0.4, -0.2) is 52.7 Å². The average molecular weight is 525 g/mol. The van der Waals surface area contributed by atoms with Gasteiger partial charge in [-0.2, -0.15) is 0 Å². The van der Waals surface area contributed by atoms with Crippen LogP contribution < -0.4 is 20.1 Å². The summed E-state index contributed by atoms with van der Waals surface area (Å²) in [5.74, 6) is 2.27. The summed E-state index contributed by atoms with van der Waals surface area (Å²) in [6, 6.07) is 5.83. The quantitative estimate of drug-likeness (QED) is 0.293. The minimum absolute atomic E-state index is 0. The van der Waals surface area contributed by atoms with E-state index in [-0.39, 0.29) is 41.6 Å². The van der Waals surface area contributed by atoms with Crippen molar-refractivity contribution in [3.63, 3.8) is 0 Å². The fraction of sp³-hybridized carbons (Fsp3) is 0.632. The van der Waals surface area contributed by atoms with Crippen LogP contribution in [0.2, 0.25) is 0 Å². The van der Waals surface area contributed by atoms with Crippen LogP contribution in [0.3, 0.4) is 0 Å². The Hall–Kier alpha value is -1.23.